The van der Waals surface area contributed by atoms with E-state index in [0.29, 0.717) is 0 Å². The van der Waals surface area contributed by atoms with Gasteiger partial charge in [0.25, 0.3) is 0 Å². The maximum atomic E-state index is 13.7. The number of ether oxygens (including phenoxy) is 2. The first-order valence-electron chi connectivity index (χ1n) is 4.85. The van der Waals surface area contributed by atoms with Crippen molar-refractivity contribution in [2.45, 2.75) is 12.5 Å². The number of benzene rings is 1. The van der Waals surface area contributed by atoms with Crippen molar-refractivity contribution in [3.05, 3.63) is 29.3 Å². The van der Waals surface area contributed by atoms with Crippen molar-refractivity contribution in [1.29, 1.82) is 0 Å². The zero-order chi connectivity index (χ0) is 13.0. The van der Waals surface area contributed by atoms with Gasteiger partial charge in [0.2, 0.25) is 0 Å². The Morgan fingerprint density at radius 1 is 1.41 bits per heavy atom. The minimum absolute atomic E-state index is 0.0881. The topological polar surface area (TPSA) is 61.5 Å². The molecule has 0 bridgehead atoms. The normalized spacial score (nSPS) is 12.1. The molecule has 2 N–H and O–H groups in total. The van der Waals surface area contributed by atoms with Crippen molar-refractivity contribution in [1.82, 2.24) is 0 Å². The molecule has 0 saturated carbocycles. The Morgan fingerprint density at radius 2 is 2.06 bits per heavy atom. The van der Waals surface area contributed by atoms with Crippen LogP contribution < -0.4 is 10.5 Å². The Labute approximate surface area is 97.3 Å². The van der Waals surface area contributed by atoms with Gasteiger partial charge in [-0.05, 0) is 11.6 Å². The van der Waals surface area contributed by atoms with E-state index in [2.05, 4.69) is 9.47 Å². The van der Waals surface area contributed by atoms with Crippen LogP contribution in [-0.2, 0) is 16.0 Å². The molecule has 0 radical (unpaired) electrons. The number of carbonyl (C=O) groups is 1. The van der Waals surface area contributed by atoms with Crippen LogP contribution >= 0.6 is 0 Å². The van der Waals surface area contributed by atoms with E-state index in [0.717, 1.165) is 13.2 Å². The molecular formula is C11H13F2NO3. The molecular weight excluding hydrogens is 232 g/mol. The van der Waals surface area contributed by atoms with Crippen LogP contribution in [0.1, 0.15) is 5.56 Å². The second-order valence-corrected chi connectivity index (χ2v) is 3.39. The van der Waals surface area contributed by atoms with E-state index in [1.807, 2.05) is 0 Å². The second kappa shape index (κ2) is 5.58. The molecule has 1 rings (SSSR count). The number of carbonyl (C=O) groups excluding carboxylic acids is 1. The van der Waals surface area contributed by atoms with Crippen molar-refractivity contribution in [3.63, 3.8) is 0 Å². The number of nitrogens with two attached hydrogens (primary N) is 1. The molecule has 0 aliphatic carbocycles. The number of esters is 1. The van der Waals surface area contributed by atoms with Crippen LogP contribution in [0.15, 0.2) is 12.1 Å². The van der Waals surface area contributed by atoms with E-state index < -0.39 is 29.4 Å². The van der Waals surface area contributed by atoms with Crippen LogP contribution in [0, 0.1) is 11.6 Å². The molecule has 94 valence electrons. The summed E-state index contributed by atoms with van der Waals surface area (Å²) >= 11 is 0. The van der Waals surface area contributed by atoms with Crippen LogP contribution in [0.4, 0.5) is 8.78 Å². The summed E-state index contributed by atoms with van der Waals surface area (Å²) in [6.07, 6.45) is -0.0881. The molecule has 1 aromatic rings. The standard InChI is InChI=1S/C11H13F2NO3/c1-16-10-7(12)4-3-6(9(10)13)5-8(14)11(15)17-2/h3-4,8H,5,14H2,1-2H3. The molecule has 1 unspecified atom stereocenters. The smallest absolute Gasteiger partial charge is 0.322 e. The lowest BCUT2D eigenvalue weighted by atomic mass is 10.1. The lowest BCUT2D eigenvalue weighted by Crippen LogP contribution is -2.34. The van der Waals surface area contributed by atoms with E-state index in [1.54, 1.807) is 0 Å². The monoisotopic (exact) mass is 245 g/mol. The first kappa shape index (κ1) is 13.4. The number of methoxy groups -OCH3 is 2. The Bertz CT molecular complexity index is 423. The van der Waals surface area contributed by atoms with Crippen molar-refractivity contribution in [2.24, 2.45) is 5.73 Å². The van der Waals surface area contributed by atoms with E-state index in [1.165, 1.54) is 13.2 Å². The second-order valence-electron chi connectivity index (χ2n) is 3.39. The van der Waals surface area contributed by atoms with Gasteiger partial charge in [0.05, 0.1) is 14.2 Å². The fraction of sp³-hybridized carbons (Fsp3) is 0.364. The van der Waals surface area contributed by atoms with Gasteiger partial charge in [-0.3, -0.25) is 4.79 Å². The Hall–Kier alpha value is -1.69. The van der Waals surface area contributed by atoms with Crippen LogP contribution in [0.3, 0.4) is 0 Å². The summed E-state index contributed by atoms with van der Waals surface area (Å²) in [6, 6.07) is 1.28. The summed E-state index contributed by atoms with van der Waals surface area (Å²) < 4.78 is 35.8. The maximum Gasteiger partial charge on any atom is 0.322 e. The van der Waals surface area contributed by atoms with E-state index in [4.69, 9.17) is 5.73 Å². The minimum Gasteiger partial charge on any atom is -0.491 e. The lowest BCUT2D eigenvalue weighted by Gasteiger charge is -2.12. The van der Waals surface area contributed by atoms with Gasteiger partial charge in [0.1, 0.15) is 6.04 Å². The van der Waals surface area contributed by atoms with Gasteiger partial charge in [0, 0.05) is 6.42 Å². The molecule has 0 saturated heterocycles. The van der Waals surface area contributed by atoms with Gasteiger partial charge in [-0.1, -0.05) is 6.07 Å². The fourth-order valence-corrected chi connectivity index (χ4v) is 1.39. The van der Waals surface area contributed by atoms with Crippen molar-refractivity contribution in [2.75, 3.05) is 14.2 Å². The van der Waals surface area contributed by atoms with Crippen molar-refractivity contribution in [3.8, 4) is 5.75 Å². The third-order valence-corrected chi connectivity index (χ3v) is 2.28. The summed E-state index contributed by atoms with van der Waals surface area (Å²) in [7, 11) is 2.34. The van der Waals surface area contributed by atoms with Gasteiger partial charge in [0.15, 0.2) is 17.4 Å². The molecule has 0 aliphatic rings. The molecule has 0 aliphatic heterocycles. The van der Waals surface area contributed by atoms with Crippen molar-refractivity contribution < 1.29 is 23.0 Å². The van der Waals surface area contributed by atoms with Crippen LogP contribution in [0.5, 0.6) is 5.75 Å². The first-order valence-corrected chi connectivity index (χ1v) is 4.85. The Morgan fingerprint density at radius 3 is 2.59 bits per heavy atom. The first-order chi connectivity index (χ1) is 8.01. The molecule has 0 aromatic heterocycles. The van der Waals surface area contributed by atoms with Gasteiger partial charge >= 0.3 is 5.97 Å². The average Bonchev–Trinajstić information content (AvgIpc) is 2.32. The summed E-state index contributed by atoms with van der Waals surface area (Å²) in [4.78, 5) is 11.1. The predicted molar refractivity (Wildman–Crippen MR) is 56.6 cm³/mol. The Balaban J connectivity index is 2.96. The number of hydrogen-bond acceptors (Lipinski definition) is 4. The fourth-order valence-electron chi connectivity index (χ4n) is 1.39. The molecule has 0 heterocycles. The highest BCUT2D eigenvalue weighted by Crippen LogP contribution is 2.24. The highest BCUT2D eigenvalue weighted by Gasteiger charge is 2.20. The predicted octanol–water partition coefficient (Wildman–Crippen LogP) is 1.02. The van der Waals surface area contributed by atoms with Gasteiger partial charge in [-0.25, -0.2) is 8.78 Å². The molecule has 4 nitrogen and oxygen atoms in total. The summed E-state index contributed by atoms with van der Waals surface area (Å²) in [5.74, 6) is -2.81. The third-order valence-electron chi connectivity index (χ3n) is 2.28. The van der Waals surface area contributed by atoms with Gasteiger partial charge < -0.3 is 15.2 Å². The minimum atomic E-state index is -0.996. The molecule has 6 heteroatoms. The van der Waals surface area contributed by atoms with E-state index in [9.17, 15) is 13.6 Å². The zero-order valence-corrected chi connectivity index (χ0v) is 9.50. The van der Waals surface area contributed by atoms with Crippen LogP contribution in [0.25, 0.3) is 0 Å². The van der Waals surface area contributed by atoms with E-state index >= 15 is 0 Å². The maximum absolute atomic E-state index is 13.7. The molecule has 1 atom stereocenters. The molecule has 1 aromatic carbocycles. The molecule has 17 heavy (non-hydrogen) atoms. The molecule has 0 amide bonds. The number of rotatable bonds is 4. The largest absolute Gasteiger partial charge is 0.491 e. The number of hydrogen-bond donors (Lipinski definition) is 1. The van der Waals surface area contributed by atoms with Gasteiger partial charge in [-0.15, -0.1) is 0 Å². The number of halogens is 2. The van der Waals surface area contributed by atoms with Crippen LogP contribution in [0.2, 0.25) is 0 Å². The molecule has 0 spiro atoms. The van der Waals surface area contributed by atoms with Crippen LogP contribution in [-0.4, -0.2) is 26.2 Å². The summed E-state index contributed by atoms with van der Waals surface area (Å²) in [5, 5.41) is 0. The van der Waals surface area contributed by atoms with Gasteiger partial charge in [-0.2, -0.15) is 0 Å². The summed E-state index contributed by atoms with van der Waals surface area (Å²) in [5.41, 5.74) is 5.58. The van der Waals surface area contributed by atoms with Crippen molar-refractivity contribution >= 4 is 5.97 Å². The highest BCUT2D eigenvalue weighted by molar-refractivity contribution is 5.75. The quantitative estimate of drug-likeness (QED) is 0.804. The summed E-state index contributed by atoms with van der Waals surface area (Å²) in [6.45, 7) is 0. The third kappa shape index (κ3) is 2.91. The average molecular weight is 245 g/mol. The van der Waals surface area contributed by atoms with E-state index in [-0.39, 0.29) is 12.0 Å². The Kier molecular flexibility index (Phi) is 4.39. The highest BCUT2D eigenvalue weighted by atomic mass is 19.1. The molecule has 0 fully saturated rings. The zero-order valence-electron chi connectivity index (χ0n) is 9.50. The lowest BCUT2D eigenvalue weighted by molar-refractivity contribution is -0.142. The SMILES string of the molecule is COC(=O)C(N)Cc1ccc(F)c(OC)c1F.